The number of aliphatic hydroxyl groups is 1. The summed E-state index contributed by atoms with van der Waals surface area (Å²) in [5.74, 6) is -1.85. The number of thiophene rings is 1. The Bertz CT molecular complexity index is 378. The van der Waals surface area contributed by atoms with Gasteiger partial charge in [0.05, 0.1) is 15.8 Å². The highest BCUT2D eigenvalue weighted by molar-refractivity contribution is 7.18. The van der Waals surface area contributed by atoms with E-state index < -0.39 is 24.5 Å². The summed E-state index contributed by atoms with van der Waals surface area (Å²) >= 11 is 6.65. The minimum Gasteiger partial charge on any atom is -0.480 e. The van der Waals surface area contributed by atoms with E-state index in [1.165, 1.54) is 12.1 Å². The Morgan fingerprint density at radius 3 is 2.60 bits per heavy atom. The van der Waals surface area contributed by atoms with Crippen LogP contribution in [0.5, 0.6) is 0 Å². The number of carbonyl (C=O) groups excluding carboxylic acids is 1. The van der Waals surface area contributed by atoms with E-state index in [9.17, 15) is 9.59 Å². The summed E-state index contributed by atoms with van der Waals surface area (Å²) in [6, 6.07) is 1.73. The second-order valence-electron chi connectivity index (χ2n) is 2.65. The lowest BCUT2D eigenvalue weighted by atomic mass is 10.3. The van der Waals surface area contributed by atoms with Gasteiger partial charge in [0.25, 0.3) is 5.91 Å². The van der Waals surface area contributed by atoms with Gasteiger partial charge in [-0.3, -0.25) is 4.79 Å². The highest BCUT2D eigenvalue weighted by Gasteiger charge is 2.20. The minimum absolute atomic E-state index is 0.305. The summed E-state index contributed by atoms with van der Waals surface area (Å²) in [6.07, 6.45) is 0. The summed E-state index contributed by atoms with van der Waals surface area (Å²) in [7, 11) is 0. The van der Waals surface area contributed by atoms with Crippen LogP contribution in [0.4, 0.5) is 0 Å². The number of hydrogen-bond acceptors (Lipinski definition) is 4. The molecule has 82 valence electrons. The van der Waals surface area contributed by atoms with Gasteiger partial charge in [0.2, 0.25) is 0 Å². The molecule has 0 aliphatic carbocycles. The van der Waals surface area contributed by atoms with E-state index in [-0.39, 0.29) is 0 Å². The predicted octanol–water partition coefficient (Wildman–Crippen LogP) is 0.577. The van der Waals surface area contributed by atoms with E-state index in [2.05, 4.69) is 5.32 Å². The first-order chi connectivity index (χ1) is 7.04. The van der Waals surface area contributed by atoms with Crippen LogP contribution in [-0.4, -0.2) is 34.7 Å². The number of aliphatic hydroxyl groups excluding tert-OH is 1. The number of aliphatic carboxylic acids is 1. The van der Waals surface area contributed by atoms with Crippen molar-refractivity contribution in [2.45, 2.75) is 6.04 Å². The quantitative estimate of drug-likeness (QED) is 0.728. The number of carbonyl (C=O) groups is 2. The fraction of sp³-hybridized carbons (Fsp3) is 0.250. The average molecular weight is 250 g/mol. The fourth-order valence-electron chi connectivity index (χ4n) is 0.851. The van der Waals surface area contributed by atoms with Crippen molar-refractivity contribution in [1.29, 1.82) is 0 Å². The predicted molar refractivity (Wildman–Crippen MR) is 55.3 cm³/mol. The molecule has 7 heteroatoms. The molecule has 0 saturated heterocycles. The second-order valence-corrected chi connectivity index (χ2v) is 4.37. The van der Waals surface area contributed by atoms with Gasteiger partial charge in [-0.15, -0.1) is 11.3 Å². The molecule has 1 aromatic rings. The summed E-state index contributed by atoms with van der Waals surface area (Å²) in [5, 5.41) is 19.4. The summed E-state index contributed by atoms with van der Waals surface area (Å²) < 4.78 is 0.441. The molecule has 1 rings (SSSR count). The Morgan fingerprint density at radius 2 is 2.20 bits per heavy atom. The Hall–Kier alpha value is -1.11. The maximum absolute atomic E-state index is 11.4. The van der Waals surface area contributed by atoms with Gasteiger partial charge in [-0.1, -0.05) is 11.6 Å². The lowest BCUT2D eigenvalue weighted by Gasteiger charge is -2.09. The van der Waals surface area contributed by atoms with Crippen molar-refractivity contribution >= 4 is 34.8 Å². The lowest BCUT2D eigenvalue weighted by molar-refractivity contribution is -0.140. The molecule has 1 aromatic heterocycles. The van der Waals surface area contributed by atoms with Gasteiger partial charge in [0.15, 0.2) is 6.04 Å². The molecule has 1 heterocycles. The van der Waals surface area contributed by atoms with Crippen LogP contribution in [0.2, 0.25) is 4.34 Å². The number of rotatable bonds is 4. The van der Waals surface area contributed by atoms with Crippen LogP contribution in [0.15, 0.2) is 12.1 Å². The van der Waals surface area contributed by atoms with E-state index in [0.29, 0.717) is 9.21 Å². The van der Waals surface area contributed by atoms with Crippen molar-refractivity contribution in [3.05, 3.63) is 21.3 Å². The van der Waals surface area contributed by atoms with Crippen LogP contribution in [0.1, 0.15) is 9.67 Å². The van der Waals surface area contributed by atoms with Crippen LogP contribution in [0.3, 0.4) is 0 Å². The van der Waals surface area contributed by atoms with Crippen molar-refractivity contribution in [1.82, 2.24) is 5.32 Å². The summed E-state index contributed by atoms with van der Waals surface area (Å²) in [5.41, 5.74) is 0. The largest absolute Gasteiger partial charge is 0.480 e. The standard InChI is InChI=1S/C8H8ClNO4S/c9-6-2-1-5(15-6)7(12)10-4(3-11)8(13)14/h1-2,4,11H,3H2,(H,10,12)(H,13,14)/t4-/m1/s1. The van der Waals surface area contributed by atoms with Crippen LogP contribution >= 0.6 is 22.9 Å². The van der Waals surface area contributed by atoms with Gasteiger partial charge in [-0.25, -0.2) is 4.79 Å². The molecule has 0 aliphatic heterocycles. The monoisotopic (exact) mass is 249 g/mol. The van der Waals surface area contributed by atoms with E-state index in [1.807, 2.05) is 0 Å². The average Bonchev–Trinajstić information content (AvgIpc) is 2.60. The zero-order chi connectivity index (χ0) is 11.4. The fourth-order valence-corrected chi connectivity index (χ4v) is 1.80. The molecule has 0 saturated carbocycles. The minimum atomic E-state index is -1.29. The number of carboxylic acid groups (broad SMARTS) is 1. The molecule has 0 radical (unpaired) electrons. The molecule has 5 nitrogen and oxygen atoms in total. The summed E-state index contributed by atoms with van der Waals surface area (Å²) in [6.45, 7) is -0.653. The molecular weight excluding hydrogens is 242 g/mol. The normalized spacial score (nSPS) is 12.1. The third-order valence-corrected chi connectivity index (χ3v) is 2.81. The van der Waals surface area contributed by atoms with E-state index in [4.69, 9.17) is 21.8 Å². The first kappa shape index (κ1) is 12.0. The zero-order valence-electron chi connectivity index (χ0n) is 7.44. The van der Waals surface area contributed by atoms with Gasteiger partial charge in [0, 0.05) is 0 Å². The number of carboxylic acids is 1. The molecule has 1 atom stereocenters. The highest BCUT2D eigenvalue weighted by Crippen LogP contribution is 2.21. The van der Waals surface area contributed by atoms with Gasteiger partial charge in [-0.2, -0.15) is 0 Å². The van der Waals surface area contributed by atoms with Gasteiger partial charge < -0.3 is 15.5 Å². The third-order valence-electron chi connectivity index (χ3n) is 1.58. The SMILES string of the molecule is O=C(N[C@H](CO)C(=O)O)c1ccc(Cl)s1. The Labute approximate surface area is 94.3 Å². The molecule has 0 fully saturated rings. The zero-order valence-corrected chi connectivity index (χ0v) is 9.01. The van der Waals surface area contributed by atoms with Crippen molar-refractivity contribution in [2.24, 2.45) is 0 Å². The first-order valence-electron chi connectivity index (χ1n) is 3.94. The van der Waals surface area contributed by atoms with E-state index in [1.54, 1.807) is 0 Å². The third kappa shape index (κ3) is 3.19. The van der Waals surface area contributed by atoms with Crippen molar-refractivity contribution < 1.29 is 19.8 Å². The topological polar surface area (TPSA) is 86.6 Å². The molecular formula is C8H8ClNO4S. The Morgan fingerprint density at radius 1 is 1.53 bits per heavy atom. The van der Waals surface area contributed by atoms with E-state index >= 15 is 0 Å². The number of halogens is 1. The maximum atomic E-state index is 11.4. The highest BCUT2D eigenvalue weighted by atomic mass is 35.5. The van der Waals surface area contributed by atoms with Crippen molar-refractivity contribution in [2.75, 3.05) is 6.61 Å². The molecule has 0 bridgehead atoms. The summed E-state index contributed by atoms with van der Waals surface area (Å²) in [4.78, 5) is 22.2. The van der Waals surface area contributed by atoms with E-state index in [0.717, 1.165) is 11.3 Å². The molecule has 1 amide bonds. The Kier molecular flexibility index (Phi) is 4.07. The molecule has 0 aromatic carbocycles. The Balaban J connectivity index is 2.66. The molecule has 3 N–H and O–H groups in total. The first-order valence-corrected chi connectivity index (χ1v) is 5.14. The van der Waals surface area contributed by atoms with Gasteiger partial charge in [-0.05, 0) is 12.1 Å². The maximum Gasteiger partial charge on any atom is 0.328 e. The molecule has 15 heavy (non-hydrogen) atoms. The second kappa shape index (κ2) is 5.11. The lowest BCUT2D eigenvalue weighted by Crippen LogP contribution is -2.43. The van der Waals surface area contributed by atoms with Crippen LogP contribution in [0.25, 0.3) is 0 Å². The van der Waals surface area contributed by atoms with Crippen LogP contribution in [0, 0.1) is 0 Å². The van der Waals surface area contributed by atoms with Crippen LogP contribution in [-0.2, 0) is 4.79 Å². The molecule has 0 spiro atoms. The molecule has 0 unspecified atom stereocenters. The smallest absolute Gasteiger partial charge is 0.328 e. The van der Waals surface area contributed by atoms with Gasteiger partial charge >= 0.3 is 5.97 Å². The number of amides is 1. The van der Waals surface area contributed by atoms with Crippen molar-refractivity contribution in [3.8, 4) is 0 Å². The van der Waals surface area contributed by atoms with Crippen molar-refractivity contribution in [3.63, 3.8) is 0 Å². The van der Waals surface area contributed by atoms with Gasteiger partial charge in [0.1, 0.15) is 0 Å². The van der Waals surface area contributed by atoms with Crippen LogP contribution < -0.4 is 5.32 Å². The number of nitrogens with one attached hydrogen (secondary N) is 1. The number of hydrogen-bond donors (Lipinski definition) is 3. The molecule has 0 aliphatic rings.